The highest BCUT2D eigenvalue weighted by Gasteiger charge is 2.26. The van der Waals surface area contributed by atoms with E-state index < -0.39 is 10.0 Å². The molecule has 0 bridgehead atoms. The summed E-state index contributed by atoms with van der Waals surface area (Å²) in [6.07, 6.45) is 0. The number of benzene rings is 2. The molecule has 0 aromatic heterocycles. The highest BCUT2D eigenvalue weighted by atomic mass is 32.2. The fourth-order valence-electron chi connectivity index (χ4n) is 3.91. The molecule has 0 aliphatic carbocycles. The Kier molecular flexibility index (Phi) is 6.83. The highest BCUT2D eigenvalue weighted by molar-refractivity contribution is 7.89. The van der Waals surface area contributed by atoms with Gasteiger partial charge in [-0.25, -0.2) is 8.42 Å². The molecule has 0 saturated carbocycles. The number of aryl methyl sites for hydroxylation is 1. The van der Waals surface area contributed by atoms with Gasteiger partial charge in [-0.3, -0.25) is 4.79 Å². The summed E-state index contributed by atoms with van der Waals surface area (Å²) < 4.78 is 27.0. The first-order chi connectivity index (χ1) is 14.3. The van der Waals surface area contributed by atoms with Crippen LogP contribution in [0.3, 0.4) is 0 Å². The zero-order valence-electron chi connectivity index (χ0n) is 18.3. The van der Waals surface area contributed by atoms with E-state index in [1.54, 1.807) is 18.2 Å². The van der Waals surface area contributed by atoms with Gasteiger partial charge >= 0.3 is 0 Å². The van der Waals surface area contributed by atoms with Crippen LogP contribution in [0.25, 0.3) is 0 Å². The molecule has 1 heterocycles. The van der Waals surface area contributed by atoms with Crippen LogP contribution in [0.4, 0.5) is 5.69 Å². The second-order valence-electron chi connectivity index (χ2n) is 7.62. The van der Waals surface area contributed by atoms with Gasteiger partial charge in [0.15, 0.2) is 0 Å². The molecule has 0 radical (unpaired) electrons. The fraction of sp³-hybridized carbons (Fsp3) is 0.435. The van der Waals surface area contributed by atoms with Crippen LogP contribution in [-0.2, 0) is 10.0 Å². The van der Waals surface area contributed by atoms with Crippen LogP contribution >= 0.6 is 0 Å². The van der Waals surface area contributed by atoms with E-state index in [1.165, 1.54) is 27.2 Å². The van der Waals surface area contributed by atoms with Crippen LogP contribution in [0.15, 0.2) is 47.4 Å². The second kappa shape index (κ2) is 9.18. The topological polar surface area (TPSA) is 60.9 Å². The molecule has 1 aliphatic rings. The molecular formula is C23H31N3O3S. The van der Waals surface area contributed by atoms with Crippen molar-refractivity contribution in [1.82, 2.24) is 9.21 Å². The third-order valence-electron chi connectivity index (χ3n) is 5.91. The van der Waals surface area contributed by atoms with Crippen molar-refractivity contribution in [3.8, 4) is 0 Å². The van der Waals surface area contributed by atoms with Crippen molar-refractivity contribution in [3.63, 3.8) is 0 Å². The van der Waals surface area contributed by atoms with Gasteiger partial charge in [-0.05, 0) is 49.2 Å². The number of hydrogen-bond acceptors (Lipinski definition) is 4. The van der Waals surface area contributed by atoms with Gasteiger partial charge in [-0.1, -0.05) is 32.0 Å². The molecule has 1 saturated heterocycles. The van der Waals surface area contributed by atoms with Crippen molar-refractivity contribution in [3.05, 3.63) is 59.2 Å². The van der Waals surface area contributed by atoms with E-state index >= 15 is 0 Å². The van der Waals surface area contributed by atoms with E-state index in [-0.39, 0.29) is 10.8 Å². The van der Waals surface area contributed by atoms with Gasteiger partial charge in [0, 0.05) is 50.5 Å². The summed E-state index contributed by atoms with van der Waals surface area (Å²) in [5, 5.41) is 0. The Morgan fingerprint density at radius 1 is 0.967 bits per heavy atom. The van der Waals surface area contributed by atoms with Crippen LogP contribution in [0.5, 0.6) is 0 Å². The maximum atomic E-state index is 13.1. The Morgan fingerprint density at radius 2 is 1.60 bits per heavy atom. The Labute approximate surface area is 180 Å². The smallest absolute Gasteiger partial charge is 0.254 e. The lowest BCUT2D eigenvalue weighted by atomic mass is 10.1. The number of amides is 1. The Bertz CT molecular complexity index is 1010. The van der Waals surface area contributed by atoms with E-state index in [1.807, 2.05) is 18.7 Å². The molecule has 2 aromatic carbocycles. The zero-order chi connectivity index (χ0) is 21.9. The van der Waals surface area contributed by atoms with Crippen molar-refractivity contribution in [2.45, 2.75) is 32.6 Å². The molecular weight excluding hydrogens is 398 g/mol. The summed E-state index contributed by atoms with van der Waals surface area (Å²) in [6, 6.07) is 12.7. The lowest BCUT2D eigenvalue weighted by molar-refractivity contribution is 0.0746. The fourth-order valence-corrected chi connectivity index (χ4v) is 5.42. The molecule has 0 atom stereocenters. The van der Waals surface area contributed by atoms with Gasteiger partial charge in [0.2, 0.25) is 10.0 Å². The summed E-state index contributed by atoms with van der Waals surface area (Å²) in [4.78, 5) is 17.3. The van der Waals surface area contributed by atoms with E-state index in [4.69, 9.17) is 0 Å². The number of carbonyl (C=O) groups is 1. The van der Waals surface area contributed by atoms with Gasteiger partial charge in [-0.15, -0.1) is 0 Å². The second-order valence-corrected chi connectivity index (χ2v) is 9.55. The molecule has 0 N–H and O–H groups in total. The van der Waals surface area contributed by atoms with Crippen LogP contribution in [0.1, 0.15) is 35.3 Å². The van der Waals surface area contributed by atoms with Crippen LogP contribution in [0, 0.1) is 13.8 Å². The summed E-state index contributed by atoms with van der Waals surface area (Å²) in [5.41, 5.74) is 4.17. The minimum absolute atomic E-state index is 0.118. The summed E-state index contributed by atoms with van der Waals surface area (Å²) in [6.45, 7) is 11.4. The normalized spacial score (nSPS) is 15.0. The molecule has 2 aromatic rings. The van der Waals surface area contributed by atoms with E-state index in [0.29, 0.717) is 31.7 Å². The first-order valence-corrected chi connectivity index (χ1v) is 11.9. The predicted molar refractivity (Wildman–Crippen MR) is 121 cm³/mol. The minimum atomic E-state index is -3.59. The molecule has 6 nitrogen and oxygen atoms in total. The molecule has 7 heteroatoms. The van der Waals surface area contributed by atoms with Gasteiger partial charge in [0.05, 0.1) is 4.90 Å². The maximum absolute atomic E-state index is 13.1. The van der Waals surface area contributed by atoms with Crippen LogP contribution in [-0.4, -0.2) is 62.8 Å². The number of piperazine rings is 1. The third-order valence-corrected chi connectivity index (χ3v) is 7.95. The minimum Gasteiger partial charge on any atom is -0.368 e. The number of hydrogen-bond donors (Lipinski definition) is 0. The van der Waals surface area contributed by atoms with Crippen molar-refractivity contribution in [1.29, 1.82) is 0 Å². The molecule has 1 amide bonds. The molecule has 1 aliphatic heterocycles. The van der Waals surface area contributed by atoms with Crippen LogP contribution in [0.2, 0.25) is 0 Å². The number of carbonyl (C=O) groups excluding carboxylic acids is 1. The van der Waals surface area contributed by atoms with E-state index in [0.717, 1.165) is 13.1 Å². The highest BCUT2D eigenvalue weighted by Crippen LogP contribution is 2.24. The van der Waals surface area contributed by atoms with Crippen molar-refractivity contribution >= 4 is 21.6 Å². The molecule has 1 fully saturated rings. The SMILES string of the molecule is CCN(CC)S(=O)(=O)c1cccc(C(=O)N2CCN(c3cccc(C)c3C)CC2)c1. The Balaban J connectivity index is 1.74. The number of sulfonamides is 1. The summed E-state index contributed by atoms with van der Waals surface area (Å²) in [7, 11) is -3.59. The van der Waals surface area contributed by atoms with Gasteiger partial charge < -0.3 is 9.80 Å². The van der Waals surface area contributed by atoms with Crippen molar-refractivity contribution in [2.75, 3.05) is 44.2 Å². The molecule has 0 spiro atoms. The molecule has 3 rings (SSSR count). The largest absolute Gasteiger partial charge is 0.368 e. The number of nitrogens with zero attached hydrogens (tertiary/aromatic N) is 3. The van der Waals surface area contributed by atoms with Gasteiger partial charge in [0.1, 0.15) is 0 Å². The average Bonchev–Trinajstić information content (AvgIpc) is 2.76. The summed E-state index contributed by atoms with van der Waals surface area (Å²) >= 11 is 0. The molecule has 0 unspecified atom stereocenters. The van der Waals surface area contributed by atoms with Gasteiger partial charge in [-0.2, -0.15) is 4.31 Å². The molecule has 162 valence electrons. The lowest BCUT2D eigenvalue weighted by Crippen LogP contribution is -2.49. The lowest BCUT2D eigenvalue weighted by Gasteiger charge is -2.37. The number of anilines is 1. The zero-order valence-corrected chi connectivity index (χ0v) is 19.1. The Morgan fingerprint density at radius 3 is 2.23 bits per heavy atom. The number of rotatable bonds is 6. The first-order valence-electron chi connectivity index (χ1n) is 10.5. The first kappa shape index (κ1) is 22.3. The monoisotopic (exact) mass is 429 g/mol. The van der Waals surface area contributed by atoms with Crippen molar-refractivity contribution in [2.24, 2.45) is 0 Å². The van der Waals surface area contributed by atoms with E-state index in [2.05, 4.69) is 36.9 Å². The summed E-state index contributed by atoms with van der Waals surface area (Å²) in [5.74, 6) is -0.118. The van der Waals surface area contributed by atoms with Crippen molar-refractivity contribution < 1.29 is 13.2 Å². The Hall–Kier alpha value is -2.38. The predicted octanol–water partition coefficient (Wildman–Crippen LogP) is 3.30. The molecule has 30 heavy (non-hydrogen) atoms. The quantitative estimate of drug-likeness (QED) is 0.707. The van der Waals surface area contributed by atoms with Crippen LogP contribution < -0.4 is 4.90 Å². The van der Waals surface area contributed by atoms with E-state index in [9.17, 15) is 13.2 Å². The standard InChI is InChI=1S/C23H31N3O3S/c1-5-26(6-2)30(28,29)21-11-8-10-20(17-21)23(27)25-15-13-24(14-16-25)22-12-7-9-18(3)19(22)4/h7-12,17H,5-6,13-16H2,1-4H3. The van der Waals surface area contributed by atoms with Gasteiger partial charge in [0.25, 0.3) is 5.91 Å². The third kappa shape index (κ3) is 4.37. The maximum Gasteiger partial charge on any atom is 0.254 e. The average molecular weight is 430 g/mol.